The summed E-state index contributed by atoms with van der Waals surface area (Å²) in [7, 11) is 5.49. The van der Waals surface area contributed by atoms with Crippen LogP contribution < -0.4 is 14.7 Å². The molecule has 1 amide bonds. The number of hydrogen-bond donors (Lipinski definition) is 1. The summed E-state index contributed by atoms with van der Waals surface area (Å²) in [6.45, 7) is 1.04. The van der Waals surface area contributed by atoms with Gasteiger partial charge in [0.05, 0.1) is 40.3 Å². The Balaban J connectivity index is 2.11. The number of benzene rings is 2. The third-order valence-electron chi connectivity index (χ3n) is 4.92. The molecule has 1 N–H and O–H groups in total. The molecule has 152 valence electrons. The number of carbonyl (C=O) groups excluding carboxylic acids is 2. The van der Waals surface area contributed by atoms with Crippen molar-refractivity contribution in [2.45, 2.75) is 6.04 Å². The number of ether oxygens (including phenoxy) is 1. The first-order valence-corrected chi connectivity index (χ1v) is 10.1. The summed E-state index contributed by atoms with van der Waals surface area (Å²) in [5.41, 5.74) is 1.08. The third-order valence-corrected chi connectivity index (χ3v) is 5.45. The average molecular weight is 459 g/mol. The molecule has 0 bridgehead atoms. The maximum Gasteiger partial charge on any atom is 0.295 e. The van der Waals surface area contributed by atoms with E-state index < -0.39 is 23.5 Å². The van der Waals surface area contributed by atoms with Crippen LogP contribution in [-0.4, -0.2) is 50.9 Å². The van der Waals surface area contributed by atoms with Crippen LogP contribution >= 0.6 is 15.9 Å². The second-order valence-electron chi connectivity index (χ2n) is 7.21. The van der Waals surface area contributed by atoms with Crippen molar-refractivity contribution in [2.75, 3.05) is 34.3 Å². The van der Waals surface area contributed by atoms with E-state index in [-0.39, 0.29) is 5.57 Å². The highest BCUT2D eigenvalue weighted by Gasteiger charge is 2.44. The quantitative estimate of drug-likeness (QED) is 0.395. The number of amides is 1. The maximum absolute atomic E-state index is 13.2. The lowest BCUT2D eigenvalue weighted by Gasteiger charge is -2.27. The molecule has 2 aromatic rings. The standard InChI is InChI=1S/C22H23BrN2O4/c1-24(2)12-13-25-19(14-4-8-16(23)9-5-14)18(21(27)22(25)28)20(26)15-6-10-17(29-3)11-7-15/h4-11,19,26H,12-13H2,1-3H3/b20-18+. The molecule has 3 rings (SSSR count). The highest BCUT2D eigenvalue weighted by molar-refractivity contribution is 9.10. The Morgan fingerprint density at radius 3 is 2.28 bits per heavy atom. The molecule has 0 spiro atoms. The number of nitrogens with one attached hydrogen (secondary N) is 1. The van der Waals surface area contributed by atoms with Gasteiger partial charge >= 0.3 is 0 Å². The van der Waals surface area contributed by atoms with E-state index in [4.69, 9.17) is 4.74 Å². The largest absolute Gasteiger partial charge is 0.872 e. The Bertz CT molecular complexity index is 936. The van der Waals surface area contributed by atoms with Gasteiger partial charge in [-0.15, -0.1) is 0 Å². The van der Waals surface area contributed by atoms with Crippen LogP contribution in [0.15, 0.2) is 58.6 Å². The predicted molar refractivity (Wildman–Crippen MR) is 111 cm³/mol. The summed E-state index contributed by atoms with van der Waals surface area (Å²) in [6.07, 6.45) is 0. The zero-order chi connectivity index (χ0) is 21.1. The molecule has 29 heavy (non-hydrogen) atoms. The van der Waals surface area contributed by atoms with E-state index in [0.29, 0.717) is 24.4 Å². The van der Waals surface area contributed by atoms with Crippen molar-refractivity contribution in [2.24, 2.45) is 0 Å². The summed E-state index contributed by atoms with van der Waals surface area (Å²) in [5, 5.41) is 13.2. The van der Waals surface area contributed by atoms with Gasteiger partial charge in [-0.05, 0) is 35.4 Å². The molecule has 0 radical (unpaired) electrons. The number of hydrogen-bond acceptors (Lipinski definition) is 4. The van der Waals surface area contributed by atoms with Crippen LogP contribution in [0.3, 0.4) is 0 Å². The van der Waals surface area contributed by atoms with Crippen LogP contribution in [0.2, 0.25) is 0 Å². The van der Waals surface area contributed by atoms with Crippen molar-refractivity contribution in [3.8, 4) is 5.75 Å². The van der Waals surface area contributed by atoms with E-state index in [2.05, 4.69) is 15.9 Å². The Morgan fingerprint density at radius 1 is 1.10 bits per heavy atom. The molecule has 7 heteroatoms. The lowest BCUT2D eigenvalue weighted by Crippen LogP contribution is -3.06. The average Bonchev–Trinajstić information content (AvgIpc) is 2.97. The molecule has 1 aliphatic rings. The fraction of sp³-hybridized carbons (Fsp3) is 0.273. The number of likely N-dealkylation sites (tertiary alicyclic amines) is 1. The summed E-state index contributed by atoms with van der Waals surface area (Å²) < 4.78 is 6.01. The molecular weight excluding hydrogens is 436 g/mol. The first kappa shape index (κ1) is 21.1. The fourth-order valence-electron chi connectivity index (χ4n) is 3.33. The van der Waals surface area contributed by atoms with E-state index in [9.17, 15) is 14.7 Å². The normalized spacial score (nSPS) is 18.5. The third kappa shape index (κ3) is 4.36. The van der Waals surface area contributed by atoms with Crippen LogP contribution in [0.4, 0.5) is 0 Å². The molecule has 0 aliphatic carbocycles. The van der Waals surface area contributed by atoms with E-state index >= 15 is 0 Å². The van der Waals surface area contributed by atoms with Crippen molar-refractivity contribution in [1.82, 2.24) is 4.90 Å². The molecule has 1 aliphatic heterocycles. The SMILES string of the molecule is COc1ccc(/C([O-])=C2\C(=O)C(=O)N(CC[NH+](C)C)C2c2ccc(Br)cc2)cc1. The second-order valence-corrected chi connectivity index (χ2v) is 8.13. The lowest BCUT2D eigenvalue weighted by molar-refractivity contribution is -0.857. The van der Waals surface area contributed by atoms with Crippen LogP contribution in [0, 0.1) is 0 Å². The van der Waals surface area contributed by atoms with E-state index in [1.54, 1.807) is 31.4 Å². The molecular formula is C22H23BrN2O4. The summed E-state index contributed by atoms with van der Waals surface area (Å²) >= 11 is 3.40. The number of carbonyl (C=O) groups is 2. The van der Waals surface area contributed by atoms with Crippen LogP contribution in [0.5, 0.6) is 5.75 Å². The molecule has 1 saturated heterocycles. The molecule has 2 aromatic carbocycles. The van der Waals surface area contributed by atoms with Crippen LogP contribution in [0.1, 0.15) is 17.2 Å². The molecule has 6 nitrogen and oxygen atoms in total. The predicted octanol–water partition coefficient (Wildman–Crippen LogP) is 0.826. The van der Waals surface area contributed by atoms with Crippen molar-refractivity contribution in [3.05, 3.63) is 69.7 Å². The number of Topliss-reactive ketones (excluding diaryl/α,β-unsaturated/α-hetero) is 1. The maximum atomic E-state index is 13.2. The zero-order valence-corrected chi connectivity index (χ0v) is 18.2. The van der Waals surface area contributed by atoms with Gasteiger partial charge in [-0.2, -0.15) is 0 Å². The fourth-order valence-corrected chi connectivity index (χ4v) is 3.60. The number of rotatable bonds is 6. The van der Waals surface area contributed by atoms with Gasteiger partial charge in [0.15, 0.2) is 0 Å². The molecule has 0 aromatic heterocycles. The van der Waals surface area contributed by atoms with Gasteiger partial charge in [0, 0.05) is 10.0 Å². The Kier molecular flexibility index (Phi) is 6.39. The van der Waals surface area contributed by atoms with E-state index in [1.165, 1.54) is 4.90 Å². The lowest BCUT2D eigenvalue weighted by atomic mass is 9.95. The first-order chi connectivity index (χ1) is 13.8. The molecule has 0 saturated carbocycles. The van der Waals surface area contributed by atoms with Crippen molar-refractivity contribution in [1.29, 1.82) is 0 Å². The number of ketones is 1. The van der Waals surface area contributed by atoms with Gasteiger partial charge in [-0.1, -0.05) is 46.0 Å². The summed E-state index contributed by atoms with van der Waals surface area (Å²) in [6, 6.07) is 13.2. The van der Waals surface area contributed by atoms with Gasteiger partial charge in [0.25, 0.3) is 5.91 Å². The number of methoxy groups -OCH3 is 1. The minimum absolute atomic E-state index is 0.00348. The van der Waals surface area contributed by atoms with Crippen molar-refractivity contribution < 1.29 is 24.3 Å². The van der Waals surface area contributed by atoms with E-state index in [0.717, 1.165) is 14.9 Å². The highest BCUT2D eigenvalue weighted by Crippen LogP contribution is 2.38. The number of nitrogens with zero attached hydrogens (tertiary/aromatic N) is 1. The molecule has 1 heterocycles. The summed E-state index contributed by atoms with van der Waals surface area (Å²) in [4.78, 5) is 28.3. The van der Waals surface area contributed by atoms with Gasteiger partial charge in [-0.25, -0.2) is 0 Å². The van der Waals surface area contributed by atoms with Gasteiger partial charge in [0.2, 0.25) is 5.78 Å². The highest BCUT2D eigenvalue weighted by atomic mass is 79.9. The monoisotopic (exact) mass is 458 g/mol. The number of quaternary nitrogens is 1. The topological polar surface area (TPSA) is 74.1 Å². The molecule has 1 unspecified atom stereocenters. The van der Waals surface area contributed by atoms with Gasteiger partial charge < -0.3 is 19.6 Å². The van der Waals surface area contributed by atoms with E-state index in [1.807, 2.05) is 38.4 Å². The Hall–Kier alpha value is -2.64. The smallest absolute Gasteiger partial charge is 0.295 e. The first-order valence-electron chi connectivity index (χ1n) is 9.29. The number of likely N-dealkylation sites (N-methyl/N-ethyl adjacent to an activating group) is 1. The molecule has 1 atom stereocenters. The zero-order valence-electron chi connectivity index (χ0n) is 16.6. The Labute approximate surface area is 178 Å². The van der Waals surface area contributed by atoms with Crippen LogP contribution in [0.25, 0.3) is 5.76 Å². The minimum Gasteiger partial charge on any atom is -0.872 e. The van der Waals surface area contributed by atoms with Crippen molar-refractivity contribution >= 4 is 33.4 Å². The summed E-state index contributed by atoms with van der Waals surface area (Å²) in [5.74, 6) is -1.18. The second kappa shape index (κ2) is 8.80. The van der Waals surface area contributed by atoms with Crippen LogP contribution in [-0.2, 0) is 9.59 Å². The Morgan fingerprint density at radius 2 is 1.72 bits per heavy atom. The number of halogens is 1. The van der Waals surface area contributed by atoms with Gasteiger partial charge in [-0.3, -0.25) is 9.59 Å². The minimum atomic E-state index is -0.729. The van der Waals surface area contributed by atoms with Gasteiger partial charge in [0.1, 0.15) is 5.75 Å². The van der Waals surface area contributed by atoms with Crippen molar-refractivity contribution in [3.63, 3.8) is 0 Å². The molecule has 1 fully saturated rings.